The molecule has 3 aromatic rings. The SMILES string of the molecule is Cc1ccc(Nc2ncnc3cc(Cl)ccc23)cc1. The average molecular weight is 270 g/mol. The van der Waals surface area contributed by atoms with Crippen LogP contribution < -0.4 is 5.32 Å². The molecular formula is C15H12ClN3. The Kier molecular flexibility index (Phi) is 3.05. The maximum Gasteiger partial charge on any atom is 0.141 e. The van der Waals surface area contributed by atoms with Gasteiger partial charge in [-0.3, -0.25) is 0 Å². The number of benzene rings is 2. The van der Waals surface area contributed by atoms with Crippen LogP contribution >= 0.6 is 11.6 Å². The summed E-state index contributed by atoms with van der Waals surface area (Å²) in [7, 11) is 0. The van der Waals surface area contributed by atoms with Crippen molar-refractivity contribution in [1.29, 1.82) is 0 Å². The monoisotopic (exact) mass is 269 g/mol. The van der Waals surface area contributed by atoms with Gasteiger partial charge >= 0.3 is 0 Å². The van der Waals surface area contributed by atoms with E-state index < -0.39 is 0 Å². The minimum atomic E-state index is 0.674. The smallest absolute Gasteiger partial charge is 0.141 e. The van der Waals surface area contributed by atoms with E-state index in [4.69, 9.17) is 11.6 Å². The van der Waals surface area contributed by atoms with E-state index in [1.165, 1.54) is 11.9 Å². The van der Waals surface area contributed by atoms with Crippen LogP contribution in [0, 0.1) is 6.92 Å². The Hall–Kier alpha value is -2.13. The third-order valence-electron chi connectivity index (χ3n) is 2.91. The molecule has 1 aromatic heterocycles. The molecule has 0 aliphatic heterocycles. The lowest BCUT2D eigenvalue weighted by molar-refractivity contribution is 1.22. The summed E-state index contributed by atoms with van der Waals surface area (Å²) in [5.41, 5.74) is 3.06. The minimum absolute atomic E-state index is 0.674. The van der Waals surface area contributed by atoms with Crippen LogP contribution in [0.4, 0.5) is 11.5 Å². The van der Waals surface area contributed by atoms with E-state index in [9.17, 15) is 0 Å². The van der Waals surface area contributed by atoms with Crippen LogP contribution in [0.1, 0.15) is 5.56 Å². The first-order valence-corrected chi connectivity index (χ1v) is 6.34. The molecule has 4 heteroatoms. The second-order valence-electron chi connectivity index (χ2n) is 4.37. The molecule has 1 N–H and O–H groups in total. The quantitative estimate of drug-likeness (QED) is 0.752. The Balaban J connectivity index is 2.03. The molecule has 0 unspecified atom stereocenters. The molecule has 0 amide bonds. The fourth-order valence-corrected chi connectivity index (χ4v) is 2.07. The van der Waals surface area contributed by atoms with Crippen molar-refractivity contribution in [3.05, 3.63) is 59.4 Å². The number of hydrogen-bond donors (Lipinski definition) is 1. The van der Waals surface area contributed by atoms with Crippen molar-refractivity contribution in [2.24, 2.45) is 0 Å². The minimum Gasteiger partial charge on any atom is -0.340 e. The number of halogens is 1. The van der Waals surface area contributed by atoms with Gasteiger partial charge in [-0.15, -0.1) is 0 Å². The second-order valence-corrected chi connectivity index (χ2v) is 4.81. The topological polar surface area (TPSA) is 37.8 Å². The lowest BCUT2D eigenvalue weighted by Crippen LogP contribution is -1.95. The molecule has 2 aromatic carbocycles. The highest BCUT2D eigenvalue weighted by atomic mass is 35.5. The van der Waals surface area contributed by atoms with Gasteiger partial charge in [-0.25, -0.2) is 9.97 Å². The predicted octanol–water partition coefficient (Wildman–Crippen LogP) is 4.34. The second kappa shape index (κ2) is 4.86. The standard InChI is InChI=1S/C15H12ClN3/c1-10-2-5-12(6-3-10)19-15-13-7-4-11(16)8-14(13)17-9-18-15/h2-9H,1H3,(H,17,18,19). The number of hydrogen-bond acceptors (Lipinski definition) is 3. The molecule has 3 rings (SSSR count). The number of rotatable bonds is 2. The Morgan fingerprint density at radius 3 is 2.58 bits per heavy atom. The molecular weight excluding hydrogens is 258 g/mol. The fraction of sp³-hybridized carbons (Fsp3) is 0.0667. The largest absolute Gasteiger partial charge is 0.340 e. The van der Waals surface area contributed by atoms with Gasteiger partial charge in [-0.1, -0.05) is 29.3 Å². The molecule has 0 atom stereocenters. The highest BCUT2D eigenvalue weighted by molar-refractivity contribution is 6.31. The predicted molar refractivity (Wildman–Crippen MR) is 79.0 cm³/mol. The zero-order valence-corrected chi connectivity index (χ0v) is 11.1. The Bertz CT molecular complexity index is 723. The molecule has 0 fully saturated rings. The summed E-state index contributed by atoms with van der Waals surface area (Å²) in [4.78, 5) is 8.51. The molecule has 0 saturated carbocycles. The summed E-state index contributed by atoms with van der Waals surface area (Å²) < 4.78 is 0. The van der Waals surface area contributed by atoms with Crippen molar-refractivity contribution < 1.29 is 0 Å². The highest BCUT2D eigenvalue weighted by Gasteiger charge is 2.04. The third-order valence-corrected chi connectivity index (χ3v) is 3.15. The van der Waals surface area contributed by atoms with E-state index in [2.05, 4.69) is 34.3 Å². The van der Waals surface area contributed by atoms with Crippen LogP contribution in [-0.4, -0.2) is 9.97 Å². The maximum absolute atomic E-state index is 5.97. The number of fused-ring (bicyclic) bond motifs is 1. The zero-order chi connectivity index (χ0) is 13.2. The zero-order valence-electron chi connectivity index (χ0n) is 10.4. The van der Waals surface area contributed by atoms with Crippen molar-refractivity contribution in [3.63, 3.8) is 0 Å². The van der Waals surface area contributed by atoms with Gasteiger partial charge < -0.3 is 5.32 Å². The molecule has 0 aliphatic rings. The van der Waals surface area contributed by atoms with Gasteiger partial charge in [-0.05, 0) is 37.3 Å². The van der Waals surface area contributed by atoms with Crippen LogP contribution in [0.15, 0.2) is 48.8 Å². The van der Waals surface area contributed by atoms with E-state index >= 15 is 0 Å². The third kappa shape index (κ3) is 2.51. The first-order valence-electron chi connectivity index (χ1n) is 5.96. The molecule has 3 nitrogen and oxygen atoms in total. The van der Waals surface area contributed by atoms with Crippen LogP contribution in [0.3, 0.4) is 0 Å². The Labute approximate surface area is 116 Å². The van der Waals surface area contributed by atoms with Gasteiger partial charge in [0.25, 0.3) is 0 Å². The van der Waals surface area contributed by atoms with E-state index in [1.54, 1.807) is 0 Å². The Morgan fingerprint density at radius 2 is 1.79 bits per heavy atom. The van der Waals surface area contributed by atoms with Crippen molar-refractivity contribution >= 4 is 34.0 Å². The van der Waals surface area contributed by atoms with Gasteiger partial charge in [0, 0.05) is 16.1 Å². The fourth-order valence-electron chi connectivity index (χ4n) is 1.90. The van der Waals surface area contributed by atoms with Crippen molar-refractivity contribution in [3.8, 4) is 0 Å². The first-order chi connectivity index (χ1) is 9.22. The van der Waals surface area contributed by atoms with Gasteiger partial charge in [-0.2, -0.15) is 0 Å². The van der Waals surface area contributed by atoms with Gasteiger partial charge in [0.2, 0.25) is 0 Å². The molecule has 0 radical (unpaired) electrons. The van der Waals surface area contributed by atoms with E-state index in [1.807, 2.05) is 30.3 Å². The van der Waals surface area contributed by atoms with Crippen LogP contribution in [0.25, 0.3) is 10.9 Å². The van der Waals surface area contributed by atoms with Crippen LogP contribution in [-0.2, 0) is 0 Å². The van der Waals surface area contributed by atoms with Gasteiger partial charge in [0.15, 0.2) is 0 Å². The van der Waals surface area contributed by atoms with Crippen molar-refractivity contribution in [1.82, 2.24) is 9.97 Å². The molecule has 94 valence electrons. The lowest BCUT2D eigenvalue weighted by Gasteiger charge is -2.08. The molecule has 0 spiro atoms. The summed E-state index contributed by atoms with van der Waals surface area (Å²) >= 11 is 5.97. The van der Waals surface area contributed by atoms with Crippen LogP contribution in [0.5, 0.6) is 0 Å². The summed E-state index contributed by atoms with van der Waals surface area (Å²) in [6.07, 6.45) is 1.54. The van der Waals surface area contributed by atoms with Crippen molar-refractivity contribution in [2.75, 3.05) is 5.32 Å². The Morgan fingerprint density at radius 1 is 1.00 bits per heavy atom. The first kappa shape index (κ1) is 11.9. The highest BCUT2D eigenvalue weighted by Crippen LogP contribution is 2.25. The average Bonchev–Trinajstić information content (AvgIpc) is 2.41. The van der Waals surface area contributed by atoms with Crippen LogP contribution in [0.2, 0.25) is 5.02 Å². The number of aromatic nitrogens is 2. The van der Waals surface area contributed by atoms with Crippen molar-refractivity contribution in [2.45, 2.75) is 6.92 Å². The summed E-state index contributed by atoms with van der Waals surface area (Å²) in [5, 5.41) is 4.92. The van der Waals surface area contributed by atoms with Gasteiger partial charge in [0.1, 0.15) is 12.1 Å². The molecule has 0 saturated heterocycles. The number of anilines is 2. The lowest BCUT2D eigenvalue weighted by atomic mass is 10.2. The molecule has 19 heavy (non-hydrogen) atoms. The molecule has 0 aliphatic carbocycles. The summed E-state index contributed by atoms with van der Waals surface area (Å²) in [5.74, 6) is 0.783. The number of nitrogens with one attached hydrogen (secondary N) is 1. The molecule has 1 heterocycles. The van der Waals surface area contributed by atoms with E-state index in [-0.39, 0.29) is 0 Å². The number of nitrogens with zero attached hydrogens (tertiary/aromatic N) is 2. The van der Waals surface area contributed by atoms with Gasteiger partial charge in [0.05, 0.1) is 5.52 Å². The summed E-state index contributed by atoms with van der Waals surface area (Å²) in [6, 6.07) is 13.8. The normalized spacial score (nSPS) is 10.6. The maximum atomic E-state index is 5.97. The van der Waals surface area contributed by atoms with E-state index in [0.717, 1.165) is 22.4 Å². The summed E-state index contributed by atoms with van der Waals surface area (Å²) in [6.45, 7) is 2.06. The van der Waals surface area contributed by atoms with E-state index in [0.29, 0.717) is 5.02 Å². The molecule has 0 bridgehead atoms. The number of aryl methyl sites for hydroxylation is 1.